The lowest BCUT2D eigenvalue weighted by Gasteiger charge is -2.29. The topological polar surface area (TPSA) is 58.1 Å². The van der Waals surface area contributed by atoms with Crippen molar-refractivity contribution < 1.29 is 4.79 Å². The molecular formula is C24H20N4O. The Morgan fingerprint density at radius 3 is 2.72 bits per heavy atom. The molecular weight excluding hydrogens is 360 g/mol. The molecule has 0 unspecified atom stereocenters. The van der Waals surface area contributed by atoms with Gasteiger partial charge in [0.25, 0.3) is 5.91 Å². The maximum Gasteiger partial charge on any atom is 0.276 e. The molecule has 0 aliphatic carbocycles. The van der Waals surface area contributed by atoms with E-state index in [9.17, 15) is 4.79 Å². The second-order valence-electron chi connectivity index (χ2n) is 7.13. The molecule has 0 radical (unpaired) electrons. The summed E-state index contributed by atoms with van der Waals surface area (Å²) < 4.78 is 0. The van der Waals surface area contributed by atoms with Gasteiger partial charge in [0.05, 0.1) is 23.1 Å². The molecule has 1 N–H and O–H groups in total. The van der Waals surface area contributed by atoms with Crippen LogP contribution in [0.3, 0.4) is 0 Å². The van der Waals surface area contributed by atoms with Crippen molar-refractivity contribution in [1.29, 1.82) is 0 Å². The number of benzene rings is 2. The molecule has 3 heterocycles. The lowest BCUT2D eigenvalue weighted by atomic mass is 10.0. The van der Waals surface area contributed by atoms with Gasteiger partial charge in [-0.3, -0.25) is 9.78 Å². The van der Waals surface area contributed by atoms with E-state index in [1.807, 2.05) is 59.5 Å². The monoisotopic (exact) mass is 380 g/mol. The summed E-state index contributed by atoms with van der Waals surface area (Å²) in [4.78, 5) is 23.8. The lowest BCUT2D eigenvalue weighted by molar-refractivity contribution is 0.0980. The van der Waals surface area contributed by atoms with Gasteiger partial charge in [-0.1, -0.05) is 36.4 Å². The number of hydrogen-bond donors (Lipinski definition) is 1. The fourth-order valence-corrected chi connectivity index (χ4v) is 3.84. The molecule has 1 aliphatic heterocycles. The van der Waals surface area contributed by atoms with Crippen molar-refractivity contribution in [3.05, 3.63) is 90.4 Å². The Balaban J connectivity index is 1.39. The van der Waals surface area contributed by atoms with Gasteiger partial charge in [0, 0.05) is 23.8 Å². The molecule has 29 heavy (non-hydrogen) atoms. The predicted octanol–water partition coefficient (Wildman–Crippen LogP) is 4.97. The molecule has 5 heteroatoms. The molecule has 142 valence electrons. The first kappa shape index (κ1) is 17.4. The number of aryl methyl sites for hydroxylation is 1. The highest BCUT2D eigenvalue weighted by molar-refractivity contribution is 6.05. The van der Waals surface area contributed by atoms with Crippen LogP contribution >= 0.6 is 0 Å². The summed E-state index contributed by atoms with van der Waals surface area (Å²) in [5.41, 5.74) is 5.29. The largest absolute Gasteiger partial charge is 0.352 e. The van der Waals surface area contributed by atoms with E-state index < -0.39 is 0 Å². The lowest BCUT2D eigenvalue weighted by Crippen LogP contribution is -2.35. The number of aromatic nitrogens is 2. The van der Waals surface area contributed by atoms with Crippen LogP contribution < -0.4 is 10.2 Å². The van der Waals surface area contributed by atoms with Gasteiger partial charge in [0.1, 0.15) is 5.69 Å². The first-order valence-corrected chi connectivity index (χ1v) is 9.76. The average Bonchev–Trinajstić information content (AvgIpc) is 2.79. The summed E-state index contributed by atoms with van der Waals surface area (Å²) in [7, 11) is 0. The number of nitrogens with one attached hydrogen (secondary N) is 1. The number of para-hydroxylation sites is 2. The van der Waals surface area contributed by atoms with Gasteiger partial charge in [-0.15, -0.1) is 0 Å². The van der Waals surface area contributed by atoms with Crippen LogP contribution in [0.2, 0.25) is 0 Å². The van der Waals surface area contributed by atoms with Crippen molar-refractivity contribution in [3.8, 4) is 0 Å². The summed E-state index contributed by atoms with van der Waals surface area (Å²) >= 11 is 0. The number of fused-ring (bicyclic) bond motifs is 2. The van der Waals surface area contributed by atoms with Gasteiger partial charge >= 0.3 is 0 Å². The predicted molar refractivity (Wildman–Crippen MR) is 116 cm³/mol. The number of hydrogen-bond acceptors (Lipinski definition) is 4. The van der Waals surface area contributed by atoms with Crippen molar-refractivity contribution in [3.63, 3.8) is 0 Å². The molecule has 0 fully saturated rings. The van der Waals surface area contributed by atoms with Crippen LogP contribution in [-0.2, 0) is 6.42 Å². The molecule has 2 aromatic heterocycles. The summed E-state index contributed by atoms with van der Waals surface area (Å²) in [6, 6.07) is 21.7. The fraction of sp³-hybridized carbons (Fsp3) is 0.125. The summed E-state index contributed by atoms with van der Waals surface area (Å²) in [6.45, 7) is 0.721. The maximum atomic E-state index is 13.0. The number of pyridine rings is 2. The Morgan fingerprint density at radius 2 is 1.83 bits per heavy atom. The highest BCUT2D eigenvalue weighted by atomic mass is 16.2. The van der Waals surface area contributed by atoms with Crippen LogP contribution in [0.5, 0.6) is 0 Å². The van der Waals surface area contributed by atoms with E-state index in [0.29, 0.717) is 5.69 Å². The zero-order valence-corrected chi connectivity index (χ0v) is 15.9. The first-order chi connectivity index (χ1) is 14.3. The molecule has 1 amide bonds. The van der Waals surface area contributed by atoms with Crippen LogP contribution in [-0.4, -0.2) is 22.4 Å². The number of amides is 1. The van der Waals surface area contributed by atoms with Gasteiger partial charge < -0.3 is 10.2 Å². The number of anilines is 3. The third-order valence-corrected chi connectivity index (χ3v) is 5.25. The molecule has 0 bridgehead atoms. The Bertz CT molecular complexity index is 1180. The van der Waals surface area contributed by atoms with Crippen molar-refractivity contribution in [2.75, 3.05) is 16.8 Å². The highest BCUT2D eigenvalue weighted by Gasteiger charge is 2.24. The standard InChI is InChI=1S/C24H20N4O/c29-24(28-15-5-9-17-6-1-2-11-22(17)28)21-13-12-19(16-26-21)27-20-10-3-7-18-8-4-14-25-23(18)20/h1-4,6-8,10-14,16,27H,5,9,15H2. The highest BCUT2D eigenvalue weighted by Crippen LogP contribution is 2.28. The molecule has 0 saturated heterocycles. The molecule has 0 saturated carbocycles. The minimum atomic E-state index is -0.0597. The van der Waals surface area contributed by atoms with Crippen molar-refractivity contribution >= 4 is 33.9 Å². The van der Waals surface area contributed by atoms with Gasteiger partial charge in [-0.25, -0.2) is 4.98 Å². The van der Waals surface area contributed by atoms with Gasteiger partial charge in [0.2, 0.25) is 0 Å². The molecule has 2 aromatic carbocycles. The third-order valence-electron chi connectivity index (χ3n) is 5.25. The number of carbonyl (C=O) groups is 1. The van der Waals surface area contributed by atoms with E-state index in [4.69, 9.17) is 0 Å². The van der Waals surface area contributed by atoms with E-state index in [2.05, 4.69) is 21.4 Å². The van der Waals surface area contributed by atoms with Crippen LogP contribution in [0.1, 0.15) is 22.5 Å². The van der Waals surface area contributed by atoms with E-state index in [1.165, 1.54) is 5.56 Å². The summed E-state index contributed by atoms with van der Waals surface area (Å²) in [5, 5.41) is 4.43. The zero-order valence-electron chi connectivity index (χ0n) is 15.9. The minimum Gasteiger partial charge on any atom is -0.352 e. The molecule has 1 aliphatic rings. The molecule has 0 atom stereocenters. The van der Waals surface area contributed by atoms with E-state index in [-0.39, 0.29) is 5.91 Å². The second kappa shape index (κ2) is 7.36. The number of carbonyl (C=O) groups excluding carboxylic acids is 1. The quantitative estimate of drug-likeness (QED) is 0.545. The Kier molecular flexibility index (Phi) is 4.41. The number of rotatable bonds is 3. The smallest absolute Gasteiger partial charge is 0.276 e. The third kappa shape index (κ3) is 3.31. The summed E-state index contributed by atoms with van der Waals surface area (Å²) in [6.07, 6.45) is 5.46. The van der Waals surface area contributed by atoms with Crippen LogP contribution in [0, 0.1) is 0 Å². The number of nitrogens with zero attached hydrogens (tertiary/aromatic N) is 3. The van der Waals surface area contributed by atoms with E-state index in [0.717, 1.165) is 47.4 Å². The van der Waals surface area contributed by atoms with Gasteiger partial charge in [-0.2, -0.15) is 0 Å². The van der Waals surface area contributed by atoms with E-state index >= 15 is 0 Å². The Hall–Kier alpha value is -3.73. The first-order valence-electron chi connectivity index (χ1n) is 9.76. The van der Waals surface area contributed by atoms with Gasteiger partial charge in [0.15, 0.2) is 0 Å². The minimum absolute atomic E-state index is 0.0597. The maximum absolute atomic E-state index is 13.0. The van der Waals surface area contributed by atoms with Crippen LogP contribution in [0.15, 0.2) is 79.1 Å². The molecule has 4 aromatic rings. The van der Waals surface area contributed by atoms with E-state index in [1.54, 1.807) is 18.5 Å². The Morgan fingerprint density at radius 1 is 0.931 bits per heavy atom. The second-order valence-corrected chi connectivity index (χ2v) is 7.13. The summed E-state index contributed by atoms with van der Waals surface area (Å²) in [5.74, 6) is -0.0597. The van der Waals surface area contributed by atoms with Gasteiger partial charge in [-0.05, 0) is 48.7 Å². The van der Waals surface area contributed by atoms with Crippen LogP contribution in [0.25, 0.3) is 10.9 Å². The van der Waals surface area contributed by atoms with Crippen molar-refractivity contribution in [2.24, 2.45) is 0 Å². The van der Waals surface area contributed by atoms with Crippen LogP contribution in [0.4, 0.5) is 17.1 Å². The molecule has 5 nitrogen and oxygen atoms in total. The molecule has 0 spiro atoms. The fourth-order valence-electron chi connectivity index (χ4n) is 3.84. The van der Waals surface area contributed by atoms with Crippen molar-refractivity contribution in [1.82, 2.24) is 9.97 Å². The Labute approximate surface area is 169 Å². The molecule has 5 rings (SSSR count). The average molecular weight is 380 g/mol. The SMILES string of the molecule is O=C(c1ccc(Nc2cccc3cccnc23)cn1)N1CCCc2ccccc21. The zero-order chi connectivity index (χ0) is 19.6. The van der Waals surface area contributed by atoms with Crippen molar-refractivity contribution in [2.45, 2.75) is 12.8 Å². The normalized spacial score (nSPS) is 13.2.